The van der Waals surface area contributed by atoms with Crippen LogP contribution in [0, 0.1) is 0 Å². The minimum absolute atomic E-state index is 0.639. The van der Waals surface area contributed by atoms with Crippen LogP contribution in [-0.4, -0.2) is 35.3 Å². The fourth-order valence-electron chi connectivity index (χ4n) is 16.1. The van der Waals surface area contributed by atoms with Gasteiger partial charge in [-0.25, -0.2) is 9.97 Å². The van der Waals surface area contributed by atoms with Gasteiger partial charge < -0.3 is 23.0 Å². The van der Waals surface area contributed by atoms with Crippen molar-refractivity contribution in [2.24, 2.45) is 0 Å². The Labute approximate surface area is 563 Å². The summed E-state index contributed by atoms with van der Waals surface area (Å²) in [7, 11) is 1.70. The molecule has 98 heavy (non-hydrogen) atoms. The molecule has 0 fully saturated rings. The minimum atomic E-state index is 0.639. The number of fused-ring (bicyclic) bond motifs is 15. The molecule has 5 heterocycles. The molecule has 0 aliphatic heterocycles. The third-order valence-electron chi connectivity index (χ3n) is 20.2. The van der Waals surface area contributed by atoms with Crippen molar-refractivity contribution in [3.8, 4) is 84.5 Å². The number of aromatic nitrogens is 6. The van der Waals surface area contributed by atoms with Gasteiger partial charge in [0, 0.05) is 87.7 Å². The molecule has 7 heteroatoms. The van der Waals surface area contributed by atoms with Crippen LogP contribution in [0.1, 0.15) is 0 Å². The predicted octanol–water partition coefficient (Wildman–Crippen LogP) is 23.5. The zero-order chi connectivity index (χ0) is 64.5. The molecule has 15 aromatic carbocycles. The van der Waals surface area contributed by atoms with Crippen LogP contribution in [0.2, 0.25) is 0 Å². The van der Waals surface area contributed by atoms with E-state index in [0.29, 0.717) is 5.82 Å². The van der Waals surface area contributed by atoms with Crippen LogP contribution >= 0.6 is 0 Å². The van der Waals surface area contributed by atoms with Gasteiger partial charge in [0.2, 0.25) is 0 Å². The average molecular weight is 1250 g/mol. The molecule has 20 aromatic rings. The van der Waals surface area contributed by atoms with Gasteiger partial charge in [-0.1, -0.05) is 218 Å². The van der Waals surface area contributed by atoms with Crippen molar-refractivity contribution < 1.29 is 4.74 Å². The third kappa shape index (κ3) is 8.43. The summed E-state index contributed by atoms with van der Waals surface area (Å²) in [6.45, 7) is 0. The highest BCUT2D eigenvalue weighted by Crippen LogP contribution is 2.48. The minimum Gasteiger partial charge on any atom is -0.497 e. The van der Waals surface area contributed by atoms with Gasteiger partial charge in [-0.05, 0) is 154 Å². The van der Waals surface area contributed by atoms with Gasteiger partial charge in [0.1, 0.15) is 5.75 Å². The number of para-hydroxylation sites is 6. The smallest absolute Gasteiger partial charge is 0.160 e. The van der Waals surface area contributed by atoms with E-state index in [4.69, 9.17) is 14.7 Å². The molecule has 0 aliphatic rings. The van der Waals surface area contributed by atoms with Gasteiger partial charge in [0.05, 0.1) is 62.5 Å². The molecular formula is C91H58N6O. The highest BCUT2D eigenvalue weighted by molar-refractivity contribution is 6.24. The van der Waals surface area contributed by atoms with Gasteiger partial charge in [0.25, 0.3) is 0 Å². The molecule has 0 spiro atoms. The molecule has 0 aliphatic carbocycles. The zero-order valence-electron chi connectivity index (χ0n) is 53.3. The van der Waals surface area contributed by atoms with Crippen molar-refractivity contribution in [3.63, 3.8) is 0 Å². The molecule has 458 valence electrons. The van der Waals surface area contributed by atoms with E-state index in [2.05, 4.69) is 340 Å². The van der Waals surface area contributed by atoms with E-state index in [1.165, 1.54) is 65.6 Å². The molecule has 0 atom stereocenters. The van der Waals surface area contributed by atoms with Crippen LogP contribution in [0.3, 0.4) is 0 Å². The SMILES string of the molecule is COc1ccc(-c2cccc(-c3nc(-c4cc(-n5c6ccccc6c6c(-c7cccc8c7c7ccccc7n8-c7ccccc7)cccc65)cc(-n5c6ccccc6c6c(-c7cccc8c7c7ccccc7n8-c7ccccc7)cccc65)c4)c4ccc5ccccc5c4n3)c2)cc1. The Morgan fingerprint density at radius 1 is 0.245 bits per heavy atom. The fraction of sp³-hybridized carbons (Fsp3) is 0.0110. The molecule has 20 rings (SSSR count). The number of nitrogens with zero attached hydrogens (tertiary/aromatic N) is 6. The van der Waals surface area contributed by atoms with Gasteiger partial charge >= 0.3 is 0 Å². The first-order valence-electron chi connectivity index (χ1n) is 33.4. The van der Waals surface area contributed by atoms with E-state index in [-0.39, 0.29) is 0 Å². The van der Waals surface area contributed by atoms with Crippen LogP contribution in [0.5, 0.6) is 5.75 Å². The fourth-order valence-corrected chi connectivity index (χ4v) is 16.1. The van der Waals surface area contributed by atoms with Crippen LogP contribution < -0.4 is 4.74 Å². The maximum atomic E-state index is 5.81. The van der Waals surface area contributed by atoms with Gasteiger partial charge in [0.15, 0.2) is 5.82 Å². The topological polar surface area (TPSA) is 54.7 Å². The van der Waals surface area contributed by atoms with E-state index in [9.17, 15) is 0 Å². The van der Waals surface area contributed by atoms with E-state index in [1.54, 1.807) is 7.11 Å². The highest BCUT2D eigenvalue weighted by atomic mass is 16.5. The average Bonchev–Trinajstić information content (AvgIpc) is 1.57. The number of ether oxygens (including phenoxy) is 1. The number of rotatable bonds is 10. The molecule has 0 bridgehead atoms. The Morgan fingerprint density at radius 3 is 1.09 bits per heavy atom. The maximum absolute atomic E-state index is 5.81. The monoisotopic (exact) mass is 1250 g/mol. The molecular weight excluding hydrogens is 1190 g/mol. The van der Waals surface area contributed by atoms with Crippen molar-refractivity contribution >= 4 is 109 Å². The predicted molar refractivity (Wildman–Crippen MR) is 408 cm³/mol. The van der Waals surface area contributed by atoms with Crippen molar-refractivity contribution in [3.05, 3.63) is 334 Å². The Morgan fingerprint density at radius 2 is 0.633 bits per heavy atom. The first kappa shape index (κ1) is 55.4. The summed E-state index contributed by atoms with van der Waals surface area (Å²) in [6.07, 6.45) is 0. The number of benzene rings is 15. The van der Waals surface area contributed by atoms with E-state index < -0.39 is 0 Å². The lowest BCUT2D eigenvalue weighted by molar-refractivity contribution is 0.415. The van der Waals surface area contributed by atoms with Gasteiger partial charge in [-0.15, -0.1) is 0 Å². The summed E-state index contributed by atoms with van der Waals surface area (Å²) in [5.41, 5.74) is 23.7. The molecule has 0 unspecified atom stereocenters. The van der Waals surface area contributed by atoms with Crippen molar-refractivity contribution in [2.45, 2.75) is 0 Å². The lowest BCUT2D eigenvalue weighted by Gasteiger charge is -2.17. The Balaban J connectivity index is 0.875. The second kappa shape index (κ2) is 22.0. The Bertz CT molecular complexity index is 6360. The van der Waals surface area contributed by atoms with Gasteiger partial charge in [-0.3, -0.25) is 0 Å². The van der Waals surface area contributed by atoms with Crippen molar-refractivity contribution in [1.29, 1.82) is 0 Å². The summed E-state index contributed by atoms with van der Waals surface area (Å²) in [4.78, 5) is 11.4. The number of hydrogen-bond acceptors (Lipinski definition) is 3. The van der Waals surface area contributed by atoms with E-state index in [0.717, 1.165) is 122 Å². The first-order valence-corrected chi connectivity index (χ1v) is 33.4. The lowest BCUT2D eigenvalue weighted by atomic mass is 9.95. The largest absolute Gasteiger partial charge is 0.497 e. The standard InChI is InChI=1S/C91H58N6O/c1-98-66-50-47-57(48-51-66)59-24-18-25-60(53-59)91-92-89(76-52-49-58-23-8-9-30-67(58)90(76)93-91)61-54-64(96-79-41-16-12-33-74(79)87-70(37-21-45-83(87)96)68-35-19-43-81-85(68)72-31-10-14-39-77(72)94(81)62-26-4-2-5-27-62)56-65(55-61)97-80-42-17-13-34-75(80)88-71(38-22-46-84(88)97)69-36-20-44-82-86(69)73-32-11-15-40-78(73)95(82)63-28-6-3-7-29-63/h2-56H,1H3. The van der Waals surface area contributed by atoms with Crippen molar-refractivity contribution in [2.75, 3.05) is 7.11 Å². The second-order valence-corrected chi connectivity index (χ2v) is 25.5. The third-order valence-corrected chi connectivity index (χ3v) is 20.2. The second-order valence-electron chi connectivity index (χ2n) is 25.5. The molecule has 0 amide bonds. The van der Waals surface area contributed by atoms with Crippen LogP contribution in [-0.2, 0) is 0 Å². The molecule has 0 N–H and O–H groups in total. The first-order chi connectivity index (χ1) is 48.6. The highest BCUT2D eigenvalue weighted by Gasteiger charge is 2.26. The molecule has 0 radical (unpaired) electrons. The normalized spacial score (nSPS) is 11.9. The van der Waals surface area contributed by atoms with Crippen molar-refractivity contribution in [1.82, 2.24) is 28.2 Å². The number of methoxy groups -OCH3 is 1. The van der Waals surface area contributed by atoms with Crippen LogP contribution in [0.4, 0.5) is 0 Å². The summed E-state index contributed by atoms with van der Waals surface area (Å²) >= 11 is 0. The van der Waals surface area contributed by atoms with E-state index >= 15 is 0 Å². The summed E-state index contributed by atoms with van der Waals surface area (Å²) in [5, 5.41) is 12.7. The summed E-state index contributed by atoms with van der Waals surface area (Å²) < 4.78 is 15.4. The summed E-state index contributed by atoms with van der Waals surface area (Å²) in [5.74, 6) is 1.45. The lowest BCUT2D eigenvalue weighted by Crippen LogP contribution is -2.02. The Kier molecular flexibility index (Phi) is 12.4. The van der Waals surface area contributed by atoms with Crippen LogP contribution in [0.25, 0.3) is 188 Å². The van der Waals surface area contributed by atoms with Gasteiger partial charge in [-0.2, -0.15) is 0 Å². The van der Waals surface area contributed by atoms with E-state index in [1.807, 2.05) is 12.1 Å². The summed E-state index contributed by atoms with van der Waals surface area (Å²) in [6, 6.07) is 121. The molecule has 7 nitrogen and oxygen atoms in total. The number of hydrogen-bond donors (Lipinski definition) is 0. The Hall–Kier alpha value is -13.1. The maximum Gasteiger partial charge on any atom is 0.160 e. The zero-order valence-corrected chi connectivity index (χ0v) is 53.3. The molecule has 5 aromatic heterocycles. The molecule has 0 saturated heterocycles. The quantitative estimate of drug-likeness (QED) is 0.128. The van der Waals surface area contributed by atoms with Crippen LogP contribution in [0.15, 0.2) is 334 Å². The molecule has 0 saturated carbocycles.